The Bertz CT molecular complexity index is 616. The number of anilines is 1. The van der Waals surface area contributed by atoms with Crippen molar-refractivity contribution >= 4 is 5.69 Å². The molecule has 2 rings (SSSR count). The Balaban J connectivity index is 2.38. The number of ether oxygens (including phenoxy) is 1. The third kappa shape index (κ3) is 2.98. The number of nitrogen functional groups attached to an aromatic ring is 1. The molecular formula is C13H8F5NO. The standard InChI is InChI=1S/C13H8F5NO/c14-10-4-7(13(16,17)18)5-11(15)12(10)20-9-3-1-2-8(19)6-9/h1-6H,19H2. The summed E-state index contributed by atoms with van der Waals surface area (Å²) in [6, 6.07) is 6.00. The molecule has 2 nitrogen and oxygen atoms in total. The molecule has 0 aromatic heterocycles. The second-order valence-electron chi connectivity index (χ2n) is 3.94. The second-order valence-corrected chi connectivity index (χ2v) is 3.94. The van der Waals surface area contributed by atoms with Crippen molar-refractivity contribution in [2.45, 2.75) is 6.18 Å². The number of alkyl halides is 3. The molecule has 0 aliphatic carbocycles. The number of nitrogens with two attached hydrogens (primary N) is 1. The first-order valence-corrected chi connectivity index (χ1v) is 5.37. The van der Waals surface area contributed by atoms with E-state index in [0.29, 0.717) is 0 Å². The van der Waals surface area contributed by atoms with Gasteiger partial charge in [-0.25, -0.2) is 8.78 Å². The number of halogens is 5. The van der Waals surface area contributed by atoms with Gasteiger partial charge < -0.3 is 10.5 Å². The van der Waals surface area contributed by atoms with Crippen LogP contribution in [0.3, 0.4) is 0 Å². The smallest absolute Gasteiger partial charge is 0.416 e. The van der Waals surface area contributed by atoms with Crippen molar-refractivity contribution in [2.75, 3.05) is 5.73 Å². The molecule has 0 saturated carbocycles. The van der Waals surface area contributed by atoms with Crippen LogP contribution in [0.4, 0.5) is 27.6 Å². The van der Waals surface area contributed by atoms with E-state index in [9.17, 15) is 22.0 Å². The van der Waals surface area contributed by atoms with Crippen LogP contribution in [0.5, 0.6) is 11.5 Å². The van der Waals surface area contributed by atoms with Gasteiger partial charge in [0, 0.05) is 11.8 Å². The Kier molecular flexibility index (Phi) is 3.52. The van der Waals surface area contributed by atoms with E-state index in [1.165, 1.54) is 24.3 Å². The lowest BCUT2D eigenvalue weighted by molar-refractivity contribution is -0.138. The molecule has 0 spiro atoms. The Labute approximate surface area is 110 Å². The summed E-state index contributed by atoms with van der Waals surface area (Å²) in [6.07, 6.45) is -4.84. The lowest BCUT2D eigenvalue weighted by Gasteiger charge is -2.11. The van der Waals surface area contributed by atoms with Gasteiger partial charge in [0.05, 0.1) is 5.56 Å². The van der Waals surface area contributed by atoms with Crippen molar-refractivity contribution in [3.05, 3.63) is 53.6 Å². The first-order chi connectivity index (χ1) is 9.27. The van der Waals surface area contributed by atoms with Crippen LogP contribution in [-0.2, 0) is 6.18 Å². The van der Waals surface area contributed by atoms with Gasteiger partial charge in [0.25, 0.3) is 0 Å². The highest BCUT2D eigenvalue weighted by Crippen LogP contribution is 2.35. The van der Waals surface area contributed by atoms with Gasteiger partial charge in [0.15, 0.2) is 17.4 Å². The minimum atomic E-state index is -4.84. The van der Waals surface area contributed by atoms with Crippen molar-refractivity contribution < 1.29 is 26.7 Å². The Morgan fingerprint density at radius 2 is 1.55 bits per heavy atom. The molecule has 0 amide bonds. The first kappa shape index (κ1) is 14.1. The van der Waals surface area contributed by atoms with Gasteiger partial charge in [-0.05, 0) is 24.3 Å². The number of hydrogen-bond donors (Lipinski definition) is 1. The third-order valence-electron chi connectivity index (χ3n) is 2.40. The lowest BCUT2D eigenvalue weighted by atomic mass is 10.2. The normalized spacial score (nSPS) is 11.4. The predicted octanol–water partition coefficient (Wildman–Crippen LogP) is 4.36. The van der Waals surface area contributed by atoms with E-state index >= 15 is 0 Å². The molecule has 0 radical (unpaired) electrons. The van der Waals surface area contributed by atoms with Gasteiger partial charge in [-0.1, -0.05) is 6.07 Å². The van der Waals surface area contributed by atoms with Crippen LogP contribution in [0, 0.1) is 11.6 Å². The van der Waals surface area contributed by atoms with E-state index in [-0.39, 0.29) is 23.6 Å². The minimum absolute atomic E-state index is 0.0163. The number of hydrogen-bond acceptors (Lipinski definition) is 2. The van der Waals surface area contributed by atoms with Crippen molar-refractivity contribution in [2.24, 2.45) is 0 Å². The minimum Gasteiger partial charge on any atom is -0.451 e. The van der Waals surface area contributed by atoms with Crippen molar-refractivity contribution in [1.29, 1.82) is 0 Å². The fraction of sp³-hybridized carbons (Fsp3) is 0.0769. The van der Waals surface area contributed by atoms with Crippen LogP contribution in [0.2, 0.25) is 0 Å². The highest BCUT2D eigenvalue weighted by atomic mass is 19.4. The Hall–Kier alpha value is -2.31. The van der Waals surface area contributed by atoms with Gasteiger partial charge in [0.2, 0.25) is 0 Å². The van der Waals surface area contributed by atoms with Gasteiger partial charge in [-0.3, -0.25) is 0 Å². The molecule has 0 aliphatic rings. The van der Waals surface area contributed by atoms with E-state index in [0.717, 1.165) is 0 Å². The van der Waals surface area contributed by atoms with E-state index in [2.05, 4.69) is 0 Å². The van der Waals surface area contributed by atoms with Crippen LogP contribution in [0.1, 0.15) is 5.56 Å². The molecule has 7 heteroatoms. The molecule has 20 heavy (non-hydrogen) atoms. The molecule has 0 unspecified atom stereocenters. The molecular weight excluding hydrogens is 281 g/mol. The van der Waals surface area contributed by atoms with Gasteiger partial charge in [-0.2, -0.15) is 13.2 Å². The van der Waals surface area contributed by atoms with E-state index in [1.807, 2.05) is 0 Å². The molecule has 0 fully saturated rings. The maximum Gasteiger partial charge on any atom is 0.416 e. The Morgan fingerprint density at radius 1 is 0.950 bits per heavy atom. The molecule has 2 aromatic rings. The van der Waals surface area contributed by atoms with E-state index in [1.54, 1.807) is 0 Å². The third-order valence-corrected chi connectivity index (χ3v) is 2.40. The summed E-state index contributed by atoms with van der Waals surface area (Å²) in [7, 11) is 0. The number of rotatable bonds is 2. The first-order valence-electron chi connectivity index (χ1n) is 5.37. The quantitative estimate of drug-likeness (QED) is 0.658. The van der Waals surface area contributed by atoms with Crippen LogP contribution < -0.4 is 10.5 Å². The second kappa shape index (κ2) is 4.99. The molecule has 2 aromatic carbocycles. The van der Waals surface area contributed by atoms with Crippen LogP contribution in [0.15, 0.2) is 36.4 Å². The summed E-state index contributed by atoms with van der Waals surface area (Å²) in [4.78, 5) is 0. The molecule has 0 saturated heterocycles. The Morgan fingerprint density at radius 3 is 2.05 bits per heavy atom. The highest BCUT2D eigenvalue weighted by molar-refractivity contribution is 5.45. The summed E-state index contributed by atoms with van der Waals surface area (Å²) in [5.41, 5.74) is 4.32. The highest BCUT2D eigenvalue weighted by Gasteiger charge is 2.33. The molecule has 106 valence electrons. The maximum absolute atomic E-state index is 13.5. The topological polar surface area (TPSA) is 35.2 Å². The molecule has 2 N–H and O–H groups in total. The number of benzene rings is 2. The fourth-order valence-electron chi connectivity index (χ4n) is 1.52. The lowest BCUT2D eigenvalue weighted by Crippen LogP contribution is -2.07. The molecule has 0 atom stereocenters. The zero-order valence-electron chi connectivity index (χ0n) is 9.84. The monoisotopic (exact) mass is 289 g/mol. The van der Waals surface area contributed by atoms with Crippen LogP contribution in [-0.4, -0.2) is 0 Å². The van der Waals surface area contributed by atoms with Crippen LogP contribution in [0.25, 0.3) is 0 Å². The van der Waals surface area contributed by atoms with Gasteiger partial charge in [-0.15, -0.1) is 0 Å². The molecule has 0 heterocycles. The van der Waals surface area contributed by atoms with E-state index in [4.69, 9.17) is 10.5 Å². The van der Waals surface area contributed by atoms with Crippen molar-refractivity contribution in [1.82, 2.24) is 0 Å². The zero-order chi connectivity index (χ0) is 14.9. The summed E-state index contributed by atoms with van der Waals surface area (Å²) in [5, 5.41) is 0. The summed E-state index contributed by atoms with van der Waals surface area (Å²) >= 11 is 0. The molecule has 0 aliphatic heterocycles. The van der Waals surface area contributed by atoms with E-state index < -0.39 is 29.1 Å². The maximum atomic E-state index is 13.5. The zero-order valence-corrected chi connectivity index (χ0v) is 9.84. The summed E-state index contributed by atoms with van der Waals surface area (Å²) in [6.45, 7) is 0. The molecule has 0 bridgehead atoms. The SMILES string of the molecule is Nc1cccc(Oc2c(F)cc(C(F)(F)F)cc2F)c1. The largest absolute Gasteiger partial charge is 0.451 e. The summed E-state index contributed by atoms with van der Waals surface area (Å²) < 4.78 is 69.1. The van der Waals surface area contributed by atoms with Crippen molar-refractivity contribution in [3.63, 3.8) is 0 Å². The van der Waals surface area contributed by atoms with Crippen molar-refractivity contribution in [3.8, 4) is 11.5 Å². The van der Waals surface area contributed by atoms with Crippen LogP contribution >= 0.6 is 0 Å². The average Bonchev–Trinajstić information content (AvgIpc) is 2.32. The van der Waals surface area contributed by atoms with Gasteiger partial charge in [0.1, 0.15) is 5.75 Å². The fourth-order valence-corrected chi connectivity index (χ4v) is 1.52. The van der Waals surface area contributed by atoms with Gasteiger partial charge >= 0.3 is 6.18 Å². The average molecular weight is 289 g/mol. The predicted molar refractivity (Wildman–Crippen MR) is 62.3 cm³/mol. The summed E-state index contributed by atoms with van der Waals surface area (Å²) in [5.74, 6) is -3.79.